The number of carbonyl (C=O) groups excluding carboxylic acids is 1. The van der Waals surface area contributed by atoms with Gasteiger partial charge < -0.3 is 4.90 Å². The Labute approximate surface area is 108 Å². The number of hydrogen-bond donors (Lipinski definition) is 1. The van der Waals surface area contributed by atoms with Gasteiger partial charge in [0.2, 0.25) is 5.91 Å². The van der Waals surface area contributed by atoms with Crippen LogP contribution in [0, 0.1) is 19.8 Å². The molecule has 3 heteroatoms. The number of rotatable bonds is 2. The van der Waals surface area contributed by atoms with Crippen molar-refractivity contribution in [2.75, 3.05) is 6.54 Å². The Balaban J connectivity index is 1.95. The van der Waals surface area contributed by atoms with Gasteiger partial charge in [0.05, 0.1) is 6.54 Å². The molecule has 2 fully saturated rings. The minimum atomic E-state index is 0.0762. The molecule has 1 aliphatic heterocycles. The van der Waals surface area contributed by atoms with Crippen LogP contribution in [-0.4, -0.2) is 23.4 Å². The fourth-order valence-electron chi connectivity index (χ4n) is 2.90. The molecule has 3 nitrogen and oxygen atoms in total. The minimum Gasteiger partial charge on any atom is -0.319 e. The second-order valence-electron chi connectivity index (χ2n) is 5.72. The highest BCUT2D eigenvalue weighted by Gasteiger charge is 2.46. The van der Waals surface area contributed by atoms with Gasteiger partial charge in [-0.1, -0.05) is 30.7 Å². The predicted molar refractivity (Wildman–Crippen MR) is 71.1 cm³/mol. The molecule has 18 heavy (non-hydrogen) atoms. The highest BCUT2D eigenvalue weighted by atomic mass is 16.2. The lowest BCUT2D eigenvalue weighted by molar-refractivity contribution is -0.128. The van der Waals surface area contributed by atoms with Crippen molar-refractivity contribution in [2.24, 2.45) is 5.92 Å². The summed E-state index contributed by atoms with van der Waals surface area (Å²) in [6.07, 6.45) is 1.22. The van der Waals surface area contributed by atoms with E-state index >= 15 is 0 Å². The first-order valence-electron chi connectivity index (χ1n) is 6.69. The van der Waals surface area contributed by atoms with Gasteiger partial charge in [0.25, 0.3) is 0 Å². The maximum atomic E-state index is 12.0. The molecule has 1 N–H and O–H groups in total. The summed E-state index contributed by atoms with van der Waals surface area (Å²) in [4.78, 5) is 14.1. The molecule has 1 aromatic carbocycles. The molecule has 0 spiro atoms. The van der Waals surface area contributed by atoms with Crippen LogP contribution in [0.3, 0.4) is 0 Å². The zero-order valence-electron chi connectivity index (χ0n) is 11.2. The zero-order valence-corrected chi connectivity index (χ0v) is 11.2. The summed E-state index contributed by atoms with van der Waals surface area (Å²) in [5.74, 6) is 0.900. The van der Waals surface area contributed by atoms with Crippen LogP contribution in [0.4, 0.5) is 0 Å². The Bertz CT molecular complexity index is 497. The lowest BCUT2D eigenvalue weighted by Crippen LogP contribution is -2.33. The molecule has 1 amide bonds. The highest BCUT2D eigenvalue weighted by molar-refractivity contribution is 5.81. The van der Waals surface area contributed by atoms with E-state index < -0.39 is 0 Å². The first-order chi connectivity index (χ1) is 8.58. The number of amides is 1. The molecule has 0 aromatic heterocycles. The molecule has 1 aromatic rings. The molecular weight excluding hydrogens is 224 g/mol. The van der Waals surface area contributed by atoms with Gasteiger partial charge in [0, 0.05) is 6.04 Å². The summed E-state index contributed by atoms with van der Waals surface area (Å²) in [5, 5.41) is 3.36. The van der Waals surface area contributed by atoms with Crippen LogP contribution in [0.1, 0.15) is 36.2 Å². The van der Waals surface area contributed by atoms with Crippen molar-refractivity contribution in [1.82, 2.24) is 10.2 Å². The summed E-state index contributed by atoms with van der Waals surface area (Å²) in [5.41, 5.74) is 3.76. The highest BCUT2D eigenvalue weighted by Crippen LogP contribution is 2.41. The third-order valence-electron chi connectivity index (χ3n) is 4.17. The third kappa shape index (κ3) is 1.83. The van der Waals surface area contributed by atoms with Gasteiger partial charge in [0.1, 0.15) is 6.17 Å². The quantitative estimate of drug-likeness (QED) is 0.864. The van der Waals surface area contributed by atoms with E-state index in [2.05, 4.69) is 49.2 Å². The van der Waals surface area contributed by atoms with Crippen molar-refractivity contribution in [3.63, 3.8) is 0 Å². The van der Waals surface area contributed by atoms with Gasteiger partial charge in [0.15, 0.2) is 0 Å². The van der Waals surface area contributed by atoms with Crippen molar-refractivity contribution in [3.8, 4) is 0 Å². The van der Waals surface area contributed by atoms with Crippen LogP contribution < -0.4 is 5.32 Å². The molecule has 0 bridgehead atoms. The Hall–Kier alpha value is -1.35. The molecule has 3 atom stereocenters. The zero-order chi connectivity index (χ0) is 12.9. The Morgan fingerprint density at radius 2 is 2.06 bits per heavy atom. The van der Waals surface area contributed by atoms with E-state index in [1.165, 1.54) is 16.7 Å². The summed E-state index contributed by atoms with van der Waals surface area (Å²) in [6.45, 7) is 6.91. The van der Waals surface area contributed by atoms with Gasteiger partial charge in [-0.3, -0.25) is 10.1 Å². The van der Waals surface area contributed by atoms with Crippen molar-refractivity contribution >= 4 is 5.91 Å². The van der Waals surface area contributed by atoms with Gasteiger partial charge >= 0.3 is 0 Å². The Morgan fingerprint density at radius 3 is 2.72 bits per heavy atom. The van der Waals surface area contributed by atoms with Gasteiger partial charge in [-0.25, -0.2) is 0 Å². The first kappa shape index (κ1) is 11.7. The number of hydrogen-bond acceptors (Lipinski definition) is 2. The monoisotopic (exact) mass is 244 g/mol. The van der Waals surface area contributed by atoms with Gasteiger partial charge in [-0.2, -0.15) is 0 Å². The van der Waals surface area contributed by atoms with Crippen LogP contribution in [0.25, 0.3) is 0 Å². The van der Waals surface area contributed by atoms with Crippen LogP contribution in [-0.2, 0) is 4.79 Å². The van der Waals surface area contributed by atoms with Crippen LogP contribution in [0.15, 0.2) is 18.2 Å². The topological polar surface area (TPSA) is 32.3 Å². The number of carbonyl (C=O) groups is 1. The summed E-state index contributed by atoms with van der Waals surface area (Å²) in [6, 6.07) is 6.91. The lowest BCUT2D eigenvalue weighted by Gasteiger charge is -2.26. The predicted octanol–water partition coefficient (Wildman–Crippen LogP) is 2.14. The third-order valence-corrected chi connectivity index (χ3v) is 4.17. The van der Waals surface area contributed by atoms with Gasteiger partial charge in [-0.15, -0.1) is 0 Å². The largest absolute Gasteiger partial charge is 0.319 e. The fraction of sp³-hybridized carbons (Fsp3) is 0.533. The normalized spacial score (nSPS) is 30.9. The van der Waals surface area contributed by atoms with Gasteiger partial charge in [-0.05, 0) is 37.3 Å². The van der Waals surface area contributed by atoms with E-state index in [0.717, 1.165) is 6.42 Å². The molecule has 0 radical (unpaired) electrons. The average Bonchev–Trinajstić information content (AvgIpc) is 2.91. The Kier molecular flexibility index (Phi) is 2.67. The molecule has 3 unspecified atom stereocenters. The van der Waals surface area contributed by atoms with Crippen LogP contribution in [0.2, 0.25) is 0 Å². The van der Waals surface area contributed by atoms with Crippen molar-refractivity contribution < 1.29 is 4.79 Å². The molecule has 2 aliphatic rings. The van der Waals surface area contributed by atoms with E-state index in [1.807, 2.05) is 0 Å². The Morgan fingerprint density at radius 1 is 1.33 bits per heavy atom. The number of aryl methyl sites for hydroxylation is 2. The number of nitrogens with zero attached hydrogens (tertiary/aromatic N) is 1. The lowest BCUT2D eigenvalue weighted by atomic mass is 10.0. The SMILES string of the molecule is Cc1ccc(C)c(C2NCC(=O)N2C2CC2C)c1. The smallest absolute Gasteiger partial charge is 0.238 e. The second kappa shape index (κ2) is 4.09. The van der Waals surface area contributed by atoms with Crippen LogP contribution >= 0.6 is 0 Å². The summed E-state index contributed by atoms with van der Waals surface area (Å²) < 4.78 is 0. The van der Waals surface area contributed by atoms with Crippen molar-refractivity contribution in [3.05, 3.63) is 34.9 Å². The molecule has 1 saturated carbocycles. The molecule has 1 saturated heterocycles. The van der Waals surface area contributed by atoms with Crippen LogP contribution in [0.5, 0.6) is 0 Å². The van der Waals surface area contributed by atoms with E-state index in [9.17, 15) is 4.79 Å². The van der Waals surface area contributed by atoms with E-state index in [0.29, 0.717) is 18.5 Å². The molecule has 3 rings (SSSR count). The fourth-order valence-corrected chi connectivity index (χ4v) is 2.90. The van der Waals surface area contributed by atoms with Crippen molar-refractivity contribution in [1.29, 1.82) is 0 Å². The average molecular weight is 244 g/mol. The maximum absolute atomic E-state index is 12.0. The summed E-state index contributed by atoms with van der Waals surface area (Å²) >= 11 is 0. The van der Waals surface area contributed by atoms with E-state index in [4.69, 9.17) is 0 Å². The first-order valence-corrected chi connectivity index (χ1v) is 6.69. The molecule has 1 heterocycles. The number of benzene rings is 1. The number of nitrogens with one attached hydrogen (secondary N) is 1. The minimum absolute atomic E-state index is 0.0762. The molecular formula is C15H20N2O. The second-order valence-corrected chi connectivity index (χ2v) is 5.72. The maximum Gasteiger partial charge on any atom is 0.238 e. The molecule has 96 valence electrons. The van der Waals surface area contributed by atoms with Crippen molar-refractivity contribution in [2.45, 2.75) is 39.4 Å². The summed E-state index contributed by atoms with van der Waals surface area (Å²) in [7, 11) is 0. The van der Waals surface area contributed by atoms with E-state index in [-0.39, 0.29) is 12.1 Å². The van der Waals surface area contributed by atoms with E-state index in [1.54, 1.807) is 0 Å². The standard InChI is InChI=1S/C15H20N2O/c1-9-4-5-10(2)12(6-9)15-16-8-14(18)17(15)13-7-11(13)3/h4-6,11,13,15-16H,7-8H2,1-3H3. The molecule has 1 aliphatic carbocycles.